The molecule has 22 heavy (non-hydrogen) atoms. The highest BCUT2D eigenvalue weighted by atomic mass is 16.5. The predicted molar refractivity (Wildman–Crippen MR) is 82.3 cm³/mol. The third-order valence-electron chi connectivity index (χ3n) is 3.13. The second-order valence-electron chi connectivity index (χ2n) is 4.58. The molecule has 0 aliphatic rings. The van der Waals surface area contributed by atoms with Gasteiger partial charge in [-0.25, -0.2) is 5.84 Å². The Hall–Kier alpha value is -3.05. The zero-order chi connectivity index (χ0) is 15.4. The van der Waals surface area contributed by atoms with Gasteiger partial charge in [0.2, 0.25) is 0 Å². The van der Waals surface area contributed by atoms with Crippen molar-refractivity contribution in [3.05, 3.63) is 72.7 Å². The molecule has 2 aromatic carbocycles. The molecule has 5 heteroatoms. The number of nitrogen functional groups attached to an aromatic ring is 1. The van der Waals surface area contributed by atoms with Crippen LogP contribution in [0.3, 0.4) is 0 Å². The molecule has 0 bridgehead atoms. The summed E-state index contributed by atoms with van der Waals surface area (Å²) < 4.78 is 11.0. The summed E-state index contributed by atoms with van der Waals surface area (Å²) in [6.07, 6.45) is 1.45. The lowest BCUT2D eigenvalue weighted by atomic mass is 10.1. The zero-order valence-corrected chi connectivity index (χ0v) is 11.7. The van der Waals surface area contributed by atoms with Gasteiger partial charge in [-0.05, 0) is 35.9 Å². The van der Waals surface area contributed by atoms with Crippen LogP contribution in [0.4, 0.5) is 0 Å². The van der Waals surface area contributed by atoms with Gasteiger partial charge in [0, 0.05) is 5.56 Å². The van der Waals surface area contributed by atoms with E-state index < -0.39 is 5.91 Å². The van der Waals surface area contributed by atoms with Crippen LogP contribution in [0.2, 0.25) is 0 Å². The maximum atomic E-state index is 11.7. The lowest BCUT2D eigenvalue weighted by Crippen LogP contribution is -2.29. The predicted octanol–water partition coefficient (Wildman–Crippen LogP) is 3.34. The Bertz CT molecular complexity index is 781. The molecule has 0 aliphatic carbocycles. The average Bonchev–Trinajstić information content (AvgIpc) is 3.05. The van der Waals surface area contributed by atoms with Gasteiger partial charge in [-0.3, -0.25) is 10.2 Å². The molecule has 0 saturated heterocycles. The topological polar surface area (TPSA) is 77.5 Å². The Morgan fingerprint density at radius 3 is 2.55 bits per heavy atom. The molecule has 110 valence electrons. The lowest BCUT2D eigenvalue weighted by molar-refractivity contribution is 0.0927. The first-order valence-electron chi connectivity index (χ1n) is 6.69. The van der Waals surface area contributed by atoms with Crippen LogP contribution in [0, 0.1) is 0 Å². The van der Waals surface area contributed by atoms with Gasteiger partial charge in [0.1, 0.15) is 11.5 Å². The number of carbonyl (C=O) groups excluding carboxylic acids is 1. The average molecular weight is 294 g/mol. The summed E-state index contributed by atoms with van der Waals surface area (Å²) >= 11 is 0. The van der Waals surface area contributed by atoms with Crippen LogP contribution < -0.4 is 16.0 Å². The number of ether oxygens (including phenoxy) is 1. The molecular formula is C17H14N2O3. The van der Waals surface area contributed by atoms with E-state index in [-0.39, 0.29) is 5.76 Å². The standard InChI is InChI=1S/C17H14N2O3/c18-19-17(20)16-15(9-10-21-16)12-5-4-8-14(11-12)22-13-6-2-1-3-7-13/h1-11H,18H2,(H,19,20). The van der Waals surface area contributed by atoms with Gasteiger partial charge in [-0.15, -0.1) is 0 Å². The van der Waals surface area contributed by atoms with Crippen molar-refractivity contribution in [3.63, 3.8) is 0 Å². The molecule has 5 nitrogen and oxygen atoms in total. The Morgan fingerprint density at radius 2 is 1.77 bits per heavy atom. The molecule has 3 N–H and O–H groups in total. The summed E-state index contributed by atoms with van der Waals surface area (Å²) in [5, 5.41) is 0. The smallest absolute Gasteiger partial charge is 0.301 e. The molecule has 1 aromatic heterocycles. The minimum atomic E-state index is -0.477. The second kappa shape index (κ2) is 6.15. The van der Waals surface area contributed by atoms with Crippen molar-refractivity contribution >= 4 is 5.91 Å². The molecule has 0 saturated carbocycles. The summed E-state index contributed by atoms with van der Waals surface area (Å²) in [5.41, 5.74) is 3.53. The highest BCUT2D eigenvalue weighted by molar-refractivity contribution is 5.97. The van der Waals surface area contributed by atoms with Crippen LogP contribution in [0.25, 0.3) is 11.1 Å². The van der Waals surface area contributed by atoms with Crippen molar-refractivity contribution < 1.29 is 13.9 Å². The number of nitrogens with two attached hydrogens (primary N) is 1. The number of furan rings is 1. The molecule has 0 fully saturated rings. The summed E-state index contributed by atoms with van der Waals surface area (Å²) in [5.74, 6) is 6.26. The maximum Gasteiger partial charge on any atom is 0.301 e. The summed E-state index contributed by atoms with van der Waals surface area (Å²) in [7, 11) is 0. The van der Waals surface area contributed by atoms with Gasteiger partial charge < -0.3 is 9.15 Å². The second-order valence-corrected chi connectivity index (χ2v) is 4.58. The van der Waals surface area contributed by atoms with E-state index in [1.165, 1.54) is 6.26 Å². The fraction of sp³-hybridized carbons (Fsp3) is 0. The van der Waals surface area contributed by atoms with Crippen molar-refractivity contribution in [1.82, 2.24) is 5.43 Å². The molecule has 3 aromatic rings. The highest BCUT2D eigenvalue weighted by Gasteiger charge is 2.16. The first kappa shape index (κ1) is 13.9. The highest BCUT2D eigenvalue weighted by Crippen LogP contribution is 2.29. The van der Waals surface area contributed by atoms with E-state index >= 15 is 0 Å². The van der Waals surface area contributed by atoms with Crippen molar-refractivity contribution in [2.45, 2.75) is 0 Å². The third kappa shape index (κ3) is 2.84. The summed E-state index contributed by atoms with van der Waals surface area (Å²) in [6, 6.07) is 18.6. The molecule has 3 rings (SSSR count). The van der Waals surface area contributed by atoms with Gasteiger partial charge in [-0.2, -0.15) is 0 Å². The van der Waals surface area contributed by atoms with E-state index in [1.54, 1.807) is 6.07 Å². The molecule has 1 heterocycles. The van der Waals surface area contributed by atoms with Gasteiger partial charge in [-0.1, -0.05) is 30.3 Å². The van der Waals surface area contributed by atoms with E-state index in [0.29, 0.717) is 11.3 Å². The Balaban J connectivity index is 1.92. The fourth-order valence-electron chi connectivity index (χ4n) is 2.13. The van der Waals surface area contributed by atoms with E-state index in [2.05, 4.69) is 5.43 Å². The van der Waals surface area contributed by atoms with Gasteiger partial charge in [0.15, 0.2) is 5.76 Å². The van der Waals surface area contributed by atoms with E-state index in [0.717, 1.165) is 11.3 Å². The molecule has 0 unspecified atom stereocenters. The van der Waals surface area contributed by atoms with Crippen LogP contribution in [0.5, 0.6) is 11.5 Å². The molecular weight excluding hydrogens is 280 g/mol. The number of para-hydroxylation sites is 1. The van der Waals surface area contributed by atoms with Crippen LogP contribution >= 0.6 is 0 Å². The van der Waals surface area contributed by atoms with Crippen LogP contribution in [-0.4, -0.2) is 5.91 Å². The van der Waals surface area contributed by atoms with Crippen LogP contribution in [0.15, 0.2) is 71.3 Å². The number of hydrogen-bond donors (Lipinski definition) is 2. The summed E-state index contributed by atoms with van der Waals surface area (Å²) in [4.78, 5) is 11.7. The lowest BCUT2D eigenvalue weighted by Gasteiger charge is -2.07. The molecule has 0 aliphatic heterocycles. The van der Waals surface area contributed by atoms with Gasteiger partial charge in [0.25, 0.3) is 0 Å². The normalized spacial score (nSPS) is 10.2. The maximum absolute atomic E-state index is 11.7. The van der Waals surface area contributed by atoms with Crippen molar-refractivity contribution in [3.8, 4) is 22.6 Å². The Kier molecular flexibility index (Phi) is 3.89. The summed E-state index contributed by atoms with van der Waals surface area (Å²) in [6.45, 7) is 0. The number of carbonyl (C=O) groups is 1. The molecule has 1 amide bonds. The van der Waals surface area contributed by atoms with Crippen molar-refractivity contribution in [2.75, 3.05) is 0 Å². The van der Waals surface area contributed by atoms with E-state index in [9.17, 15) is 4.79 Å². The number of hydrazine groups is 1. The van der Waals surface area contributed by atoms with E-state index in [1.807, 2.05) is 54.6 Å². The van der Waals surface area contributed by atoms with E-state index in [4.69, 9.17) is 15.0 Å². The van der Waals surface area contributed by atoms with Gasteiger partial charge in [0.05, 0.1) is 6.26 Å². The number of rotatable bonds is 4. The largest absolute Gasteiger partial charge is 0.458 e. The molecule has 0 spiro atoms. The SMILES string of the molecule is NNC(=O)c1occc1-c1cccc(Oc2ccccc2)c1. The van der Waals surface area contributed by atoms with Gasteiger partial charge >= 0.3 is 5.91 Å². The van der Waals surface area contributed by atoms with Crippen LogP contribution in [0.1, 0.15) is 10.6 Å². The number of hydrogen-bond acceptors (Lipinski definition) is 4. The first-order valence-corrected chi connectivity index (χ1v) is 6.69. The number of nitrogens with one attached hydrogen (secondary N) is 1. The molecule has 0 radical (unpaired) electrons. The number of benzene rings is 2. The minimum absolute atomic E-state index is 0.166. The first-order chi connectivity index (χ1) is 10.8. The monoisotopic (exact) mass is 294 g/mol. The quantitative estimate of drug-likeness (QED) is 0.439. The Labute approximate surface area is 127 Å². The van der Waals surface area contributed by atoms with Crippen LogP contribution in [-0.2, 0) is 0 Å². The zero-order valence-electron chi connectivity index (χ0n) is 11.7. The Morgan fingerprint density at radius 1 is 1.00 bits per heavy atom. The fourth-order valence-corrected chi connectivity index (χ4v) is 2.13. The molecule has 0 atom stereocenters. The van der Waals surface area contributed by atoms with Crippen molar-refractivity contribution in [2.24, 2.45) is 5.84 Å². The third-order valence-corrected chi connectivity index (χ3v) is 3.13. The van der Waals surface area contributed by atoms with Crippen molar-refractivity contribution in [1.29, 1.82) is 0 Å². The minimum Gasteiger partial charge on any atom is -0.458 e. The number of amides is 1.